The van der Waals surface area contributed by atoms with Crippen LogP contribution in [0.2, 0.25) is 0 Å². The van der Waals surface area contributed by atoms with Crippen molar-refractivity contribution in [1.29, 1.82) is 0 Å². The van der Waals surface area contributed by atoms with Crippen molar-refractivity contribution in [2.75, 3.05) is 0 Å². The van der Waals surface area contributed by atoms with Gasteiger partial charge in [0, 0.05) is 0 Å². The van der Waals surface area contributed by atoms with E-state index in [0.29, 0.717) is 0 Å². The molecule has 0 radical (unpaired) electrons. The van der Waals surface area contributed by atoms with Crippen molar-refractivity contribution in [2.45, 2.75) is 19.8 Å². The van der Waals surface area contributed by atoms with Gasteiger partial charge in [0.2, 0.25) is 0 Å². The molecule has 0 aromatic rings. The van der Waals surface area contributed by atoms with Gasteiger partial charge in [-0.3, -0.25) is 0 Å². The average Bonchev–Trinajstić information content (AvgIpc) is 1.84. The Bertz CT molecular complexity index is 197. The summed E-state index contributed by atoms with van der Waals surface area (Å²) < 4.78 is 12.5. The number of hydrogen-bond acceptors (Lipinski definition) is 0. The van der Waals surface area contributed by atoms with Crippen LogP contribution in [0.4, 0.5) is 4.39 Å². The molecule has 0 spiro atoms. The van der Waals surface area contributed by atoms with Crippen molar-refractivity contribution in [1.82, 2.24) is 0 Å². The van der Waals surface area contributed by atoms with Gasteiger partial charge in [-0.05, 0) is 31.9 Å². The summed E-state index contributed by atoms with van der Waals surface area (Å²) in [5.74, 6) is -0.122. The highest BCUT2D eigenvalue weighted by Crippen LogP contribution is 2.11. The Balaban J connectivity index is 2.70. The molecule has 0 bridgehead atoms. The first-order valence-electron chi connectivity index (χ1n) is 3.48. The molecule has 0 aromatic heterocycles. The van der Waals surface area contributed by atoms with Crippen molar-refractivity contribution in [3.8, 4) is 0 Å². The molecule has 0 aromatic carbocycles. The normalized spacial score (nSPS) is 27.4. The Hall–Kier alpha value is -0.850. The van der Waals surface area contributed by atoms with Gasteiger partial charge in [0.05, 0.1) is 0 Å². The Morgan fingerprint density at radius 1 is 1.50 bits per heavy atom. The van der Waals surface area contributed by atoms with Crippen LogP contribution >= 0.6 is 0 Å². The number of hydrogen-bond donors (Lipinski definition) is 0. The zero-order valence-corrected chi connectivity index (χ0v) is 6.10. The van der Waals surface area contributed by atoms with E-state index in [4.69, 9.17) is 0 Å². The molecule has 0 amide bonds. The zero-order chi connectivity index (χ0) is 7.40. The Morgan fingerprint density at radius 2 is 2.30 bits per heavy atom. The third kappa shape index (κ3) is 2.18. The summed E-state index contributed by atoms with van der Waals surface area (Å²) in [5, 5.41) is 0. The van der Waals surface area contributed by atoms with Crippen LogP contribution in [0.3, 0.4) is 0 Å². The molecule has 0 saturated carbocycles. The van der Waals surface area contributed by atoms with Crippen LogP contribution in [0.15, 0.2) is 35.7 Å². The summed E-state index contributed by atoms with van der Waals surface area (Å²) in [6.07, 6.45) is 8.60. The summed E-state index contributed by atoms with van der Waals surface area (Å²) in [6.45, 7) is 2.06. The van der Waals surface area contributed by atoms with Crippen LogP contribution in [0, 0.1) is 0 Å². The van der Waals surface area contributed by atoms with E-state index in [1.165, 1.54) is 11.6 Å². The summed E-state index contributed by atoms with van der Waals surface area (Å²) in [4.78, 5) is 0. The fourth-order valence-corrected chi connectivity index (χ4v) is 0.893. The lowest BCUT2D eigenvalue weighted by atomic mass is 10.1. The van der Waals surface area contributed by atoms with E-state index in [-0.39, 0.29) is 5.83 Å². The van der Waals surface area contributed by atoms with Gasteiger partial charge in [-0.1, -0.05) is 17.7 Å². The maximum Gasteiger partial charge on any atom is 0.119 e. The number of halogens is 1. The molecule has 0 fully saturated rings. The van der Waals surface area contributed by atoms with Crippen molar-refractivity contribution < 1.29 is 4.39 Å². The highest BCUT2D eigenvalue weighted by Gasteiger charge is 1.92. The van der Waals surface area contributed by atoms with E-state index in [2.05, 4.69) is 6.92 Å². The first-order valence-corrected chi connectivity index (χ1v) is 3.48. The van der Waals surface area contributed by atoms with Gasteiger partial charge in [0.1, 0.15) is 5.83 Å². The molecule has 1 aliphatic carbocycles. The SMILES string of the molecule is CC1=C/C=C\C(F)=C/CC1. The Morgan fingerprint density at radius 3 is 3.10 bits per heavy atom. The lowest BCUT2D eigenvalue weighted by Gasteiger charge is -1.98. The molecular formula is C9H11F. The van der Waals surface area contributed by atoms with Crippen LogP contribution in [0.5, 0.6) is 0 Å². The van der Waals surface area contributed by atoms with E-state index in [1.54, 1.807) is 12.2 Å². The Kier molecular flexibility index (Phi) is 2.43. The molecular weight excluding hydrogens is 127 g/mol. The van der Waals surface area contributed by atoms with Gasteiger partial charge in [-0.2, -0.15) is 0 Å². The van der Waals surface area contributed by atoms with Gasteiger partial charge in [-0.25, -0.2) is 4.39 Å². The molecule has 0 saturated heterocycles. The minimum atomic E-state index is -0.122. The number of allylic oxidation sites excluding steroid dienone is 6. The van der Waals surface area contributed by atoms with Crippen LogP contribution in [-0.4, -0.2) is 0 Å². The molecule has 0 atom stereocenters. The topological polar surface area (TPSA) is 0 Å². The predicted octanol–water partition coefficient (Wildman–Crippen LogP) is 3.14. The van der Waals surface area contributed by atoms with E-state index in [0.717, 1.165) is 12.8 Å². The predicted molar refractivity (Wildman–Crippen MR) is 41.3 cm³/mol. The van der Waals surface area contributed by atoms with E-state index < -0.39 is 0 Å². The molecule has 0 N–H and O–H groups in total. The lowest BCUT2D eigenvalue weighted by Crippen LogP contribution is -1.78. The minimum Gasteiger partial charge on any atom is -0.207 e. The maximum atomic E-state index is 12.5. The molecule has 1 rings (SSSR count). The zero-order valence-electron chi connectivity index (χ0n) is 6.10. The fourth-order valence-electron chi connectivity index (χ4n) is 0.893. The van der Waals surface area contributed by atoms with Crippen LogP contribution < -0.4 is 0 Å². The highest BCUT2D eigenvalue weighted by atomic mass is 19.1. The first kappa shape index (κ1) is 7.26. The summed E-state index contributed by atoms with van der Waals surface area (Å²) in [7, 11) is 0. The molecule has 0 unspecified atom stereocenters. The molecule has 10 heavy (non-hydrogen) atoms. The van der Waals surface area contributed by atoms with Crippen LogP contribution in [-0.2, 0) is 0 Å². The molecule has 54 valence electrons. The van der Waals surface area contributed by atoms with Crippen molar-refractivity contribution in [3.63, 3.8) is 0 Å². The standard InChI is InChI=1S/C9H11F/c1-8-4-2-6-9(10)7-3-5-8/h2,4,6-7H,3,5H2,1H3/b6-2-,8-4?,9-7+. The highest BCUT2D eigenvalue weighted by molar-refractivity contribution is 5.21. The minimum absolute atomic E-state index is 0.122. The second-order valence-electron chi connectivity index (χ2n) is 2.50. The number of rotatable bonds is 0. The van der Waals surface area contributed by atoms with Gasteiger partial charge < -0.3 is 0 Å². The monoisotopic (exact) mass is 138 g/mol. The first-order chi connectivity index (χ1) is 4.79. The molecule has 0 nitrogen and oxygen atoms in total. The van der Waals surface area contributed by atoms with Crippen molar-refractivity contribution in [3.05, 3.63) is 35.7 Å². The van der Waals surface area contributed by atoms with Crippen molar-refractivity contribution in [2.24, 2.45) is 0 Å². The average molecular weight is 138 g/mol. The largest absolute Gasteiger partial charge is 0.207 e. The van der Waals surface area contributed by atoms with Gasteiger partial charge in [0.15, 0.2) is 0 Å². The third-order valence-corrected chi connectivity index (χ3v) is 1.51. The van der Waals surface area contributed by atoms with Crippen LogP contribution in [0.1, 0.15) is 19.8 Å². The van der Waals surface area contributed by atoms with Gasteiger partial charge in [0.25, 0.3) is 0 Å². The van der Waals surface area contributed by atoms with E-state index in [1.807, 2.05) is 6.08 Å². The summed E-state index contributed by atoms with van der Waals surface area (Å²) in [6, 6.07) is 0. The molecule has 0 aliphatic heterocycles. The van der Waals surface area contributed by atoms with E-state index >= 15 is 0 Å². The van der Waals surface area contributed by atoms with Gasteiger partial charge >= 0.3 is 0 Å². The quantitative estimate of drug-likeness (QED) is 0.482. The fraction of sp³-hybridized carbons (Fsp3) is 0.333. The smallest absolute Gasteiger partial charge is 0.119 e. The molecule has 0 heterocycles. The van der Waals surface area contributed by atoms with Crippen LogP contribution in [0.25, 0.3) is 0 Å². The summed E-state index contributed by atoms with van der Waals surface area (Å²) >= 11 is 0. The molecule has 1 aliphatic rings. The maximum absolute atomic E-state index is 12.5. The lowest BCUT2D eigenvalue weighted by molar-refractivity contribution is 0.658. The third-order valence-electron chi connectivity index (χ3n) is 1.51. The second kappa shape index (κ2) is 3.35. The van der Waals surface area contributed by atoms with Crippen molar-refractivity contribution >= 4 is 0 Å². The Labute approximate surface area is 60.7 Å². The van der Waals surface area contributed by atoms with E-state index in [9.17, 15) is 4.39 Å². The summed E-state index contributed by atoms with van der Waals surface area (Å²) in [5.41, 5.74) is 1.31. The van der Waals surface area contributed by atoms with Gasteiger partial charge in [-0.15, -0.1) is 0 Å². The molecule has 1 heteroatoms. The second-order valence-corrected chi connectivity index (χ2v) is 2.50.